The van der Waals surface area contributed by atoms with Gasteiger partial charge >= 0.3 is 0 Å². The van der Waals surface area contributed by atoms with Crippen LogP contribution in [0, 0.1) is 12.3 Å². The van der Waals surface area contributed by atoms with Crippen LogP contribution in [0.4, 0.5) is 0 Å². The summed E-state index contributed by atoms with van der Waals surface area (Å²) in [5, 5.41) is 18.1. The average Bonchev–Trinajstić information content (AvgIpc) is 3.12. The van der Waals surface area contributed by atoms with Crippen molar-refractivity contribution in [2.24, 2.45) is 5.41 Å². The van der Waals surface area contributed by atoms with E-state index in [2.05, 4.69) is 35.9 Å². The Labute approximate surface area is 143 Å². The predicted octanol–water partition coefficient (Wildman–Crippen LogP) is 3.59. The summed E-state index contributed by atoms with van der Waals surface area (Å²) in [7, 11) is 0. The van der Waals surface area contributed by atoms with Crippen LogP contribution in [0.3, 0.4) is 0 Å². The first-order valence-electron chi connectivity index (χ1n) is 8.82. The molecular formula is C19H27N3O2. The van der Waals surface area contributed by atoms with Gasteiger partial charge in [0.15, 0.2) is 0 Å². The number of aromatic nitrogens is 2. The number of likely N-dealkylation sites (tertiary alicyclic amines) is 1. The summed E-state index contributed by atoms with van der Waals surface area (Å²) in [6, 6.07) is 8.22. The van der Waals surface area contributed by atoms with E-state index in [9.17, 15) is 5.11 Å². The number of aryl methyl sites for hydroxylation is 1. The van der Waals surface area contributed by atoms with E-state index >= 15 is 0 Å². The molecule has 1 aliphatic heterocycles. The van der Waals surface area contributed by atoms with Crippen LogP contribution in [0.15, 0.2) is 28.7 Å². The fraction of sp³-hybridized carbons (Fsp3) is 0.579. The SMILES string of the molecule is CCC1(CO)CCN(C(C)c2nnc(-c3ccc(C)cc3)o2)CC1. The van der Waals surface area contributed by atoms with Crippen LogP contribution in [0.5, 0.6) is 0 Å². The minimum atomic E-state index is 0.0954. The van der Waals surface area contributed by atoms with Crippen LogP contribution in [-0.4, -0.2) is 39.9 Å². The molecule has 0 aliphatic carbocycles. The second kappa shape index (κ2) is 7.03. The Morgan fingerprint density at radius 2 is 1.88 bits per heavy atom. The molecule has 1 aromatic heterocycles. The van der Waals surface area contributed by atoms with Crippen LogP contribution in [0.25, 0.3) is 11.5 Å². The maximum absolute atomic E-state index is 9.67. The largest absolute Gasteiger partial charge is 0.419 e. The highest BCUT2D eigenvalue weighted by molar-refractivity contribution is 5.52. The maximum Gasteiger partial charge on any atom is 0.247 e. The van der Waals surface area contributed by atoms with Gasteiger partial charge < -0.3 is 9.52 Å². The highest BCUT2D eigenvalue weighted by Gasteiger charge is 2.35. The first kappa shape index (κ1) is 17.1. The van der Waals surface area contributed by atoms with Crippen molar-refractivity contribution in [1.82, 2.24) is 15.1 Å². The van der Waals surface area contributed by atoms with Crippen LogP contribution in [-0.2, 0) is 0 Å². The van der Waals surface area contributed by atoms with Crippen molar-refractivity contribution >= 4 is 0 Å². The van der Waals surface area contributed by atoms with Crippen molar-refractivity contribution in [3.8, 4) is 11.5 Å². The van der Waals surface area contributed by atoms with Crippen molar-refractivity contribution in [2.45, 2.75) is 46.1 Å². The van der Waals surface area contributed by atoms with E-state index < -0.39 is 0 Å². The summed E-state index contributed by atoms with van der Waals surface area (Å²) in [4.78, 5) is 2.37. The molecule has 5 nitrogen and oxygen atoms in total. The quantitative estimate of drug-likeness (QED) is 0.908. The molecule has 1 N–H and O–H groups in total. The van der Waals surface area contributed by atoms with Gasteiger partial charge in [0.05, 0.1) is 6.04 Å². The Hall–Kier alpha value is -1.72. The van der Waals surface area contributed by atoms with Crippen molar-refractivity contribution in [2.75, 3.05) is 19.7 Å². The third-order valence-electron chi connectivity index (χ3n) is 5.59. The van der Waals surface area contributed by atoms with E-state index in [0.717, 1.165) is 37.9 Å². The number of benzene rings is 1. The summed E-state index contributed by atoms with van der Waals surface area (Å²) in [6.45, 7) is 8.54. The lowest BCUT2D eigenvalue weighted by Crippen LogP contribution is -2.42. The number of rotatable bonds is 5. The number of hydrogen-bond acceptors (Lipinski definition) is 5. The summed E-state index contributed by atoms with van der Waals surface area (Å²) >= 11 is 0. The van der Waals surface area contributed by atoms with Crippen LogP contribution in [0.1, 0.15) is 50.6 Å². The third-order valence-corrected chi connectivity index (χ3v) is 5.59. The molecule has 1 saturated heterocycles. The summed E-state index contributed by atoms with van der Waals surface area (Å²) in [6.07, 6.45) is 3.07. The van der Waals surface area contributed by atoms with E-state index in [1.54, 1.807) is 0 Å². The van der Waals surface area contributed by atoms with Gasteiger partial charge in [0.25, 0.3) is 0 Å². The molecule has 0 spiro atoms. The lowest BCUT2D eigenvalue weighted by molar-refractivity contribution is 0.0227. The van der Waals surface area contributed by atoms with Crippen LogP contribution < -0.4 is 0 Å². The molecule has 24 heavy (non-hydrogen) atoms. The third kappa shape index (κ3) is 3.37. The van der Waals surface area contributed by atoms with Crippen molar-refractivity contribution in [1.29, 1.82) is 0 Å². The predicted molar refractivity (Wildman–Crippen MR) is 93.5 cm³/mol. The van der Waals surface area contributed by atoms with Gasteiger partial charge in [0, 0.05) is 12.2 Å². The molecule has 130 valence electrons. The lowest BCUT2D eigenvalue weighted by atomic mass is 9.77. The van der Waals surface area contributed by atoms with Crippen molar-refractivity contribution in [3.05, 3.63) is 35.7 Å². The molecule has 0 bridgehead atoms. The summed E-state index contributed by atoms with van der Waals surface area (Å²) in [5.41, 5.74) is 2.26. The maximum atomic E-state index is 9.67. The number of aliphatic hydroxyl groups excluding tert-OH is 1. The van der Waals surface area contributed by atoms with Gasteiger partial charge in [-0.05, 0) is 63.7 Å². The van der Waals surface area contributed by atoms with E-state index in [-0.39, 0.29) is 18.1 Å². The monoisotopic (exact) mass is 329 g/mol. The summed E-state index contributed by atoms with van der Waals surface area (Å²) in [5.74, 6) is 1.24. The Balaban J connectivity index is 1.68. The zero-order valence-electron chi connectivity index (χ0n) is 14.8. The van der Waals surface area contributed by atoms with E-state index in [0.29, 0.717) is 11.8 Å². The van der Waals surface area contributed by atoms with Crippen molar-refractivity contribution in [3.63, 3.8) is 0 Å². The molecule has 1 aromatic carbocycles. The number of aliphatic hydroxyl groups is 1. The van der Waals surface area contributed by atoms with Gasteiger partial charge in [-0.25, -0.2) is 0 Å². The molecule has 2 heterocycles. The standard InChI is InChI=1S/C19H27N3O2/c1-4-19(13-23)9-11-22(12-10-19)15(3)17-20-21-18(24-17)16-7-5-14(2)6-8-16/h5-8,15,23H,4,9-13H2,1-3H3. The van der Waals surface area contributed by atoms with Crippen molar-refractivity contribution < 1.29 is 9.52 Å². The fourth-order valence-corrected chi connectivity index (χ4v) is 3.38. The van der Waals surface area contributed by atoms with E-state index in [1.807, 2.05) is 24.3 Å². The second-order valence-electron chi connectivity index (χ2n) is 7.04. The number of piperidine rings is 1. The van der Waals surface area contributed by atoms with Gasteiger partial charge in [-0.15, -0.1) is 10.2 Å². The molecule has 0 amide bonds. The number of nitrogens with zero attached hydrogens (tertiary/aromatic N) is 3. The van der Waals surface area contributed by atoms with Crippen LogP contribution >= 0.6 is 0 Å². The first-order valence-corrected chi connectivity index (χ1v) is 8.82. The second-order valence-corrected chi connectivity index (χ2v) is 7.04. The smallest absolute Gasteiger partial charge is 0.247 e. The Kier molecular flexibility index (Phi) is 5.01. The highest BCUT2D eigenvalue weighted by atomic mass is 16.4. The molecular weight excluding hydrogens is 302 g/mol. The topological polar surface area (TPSA) is 62.4 Å². The van der Waals surface area contributed by atoms with Gasteiger partial charge in [-0.3, -0.25) is 4.90 Å². The molecule has 1 aliphatic rings. The van der Waals surface area contributed by atoms with Gasteiger partial charge in [-0.1, -0.05) is 24.6 Å². The zero-order chi connectivity index (χ0) is 17.2. The lowest BCUT2D eigenvalue weighted by Gasteiger charge is -2.41. The fourth-order valence-electron chi connectivity index (χ4n) is 3.38. The van der Waals surface area contributed by atoms with Gasteiger partial charge in [0.2, 0.25) is 11.8 Å². The molecule has 0 radical (unpaired) electrons. The highest BCUT2D eigenvalue weighted by Crippen LogP contribution is 2.37. The van der Waals surface area contributed by atoms with E-state index in [4.69, 9.17) is 4.42 Å². The first-order chi connectivity index (χ1) is 11.6. The van der Waals surface area contributed by atoms with Crippen LogP contribution in [0.2, 0.25) is 0 Å². The molecule has 2 aromatic rings. The van der Waals surface area contributed by atoms with Gasteiger partial charge in [-0.2, -0.15) is 0 Å². The Morgan fingerprint density at radius 1 is 1.21 bits per heavy atom. The zero-order valence-corrected chi connectivity index (χ0v) is 14.8. The number of hydrogen-bond donors (Lipinski definition) is 1. The summed E-state index contributed by atoms with van der Waals surface area (Å²) < 4.78 is 5.92. The molecule has 1 atom stereocenters. The Bertz CT molecular complexity index is 652. The minimum Gasteiger partial charge on any atom is -0.419 e. The molecule has 0 saturated carbocycles. The minimum absolute atomic E-state index is 0.0954. The van der Waals surface area contributed by atoms with Gasteiger partial charge in [0.1, 0.15) is 0 Å². The molecule has 1 fully saturated rings. The molecule has 1 unspecified atom stereocenters. The normalized spacial score (nSPS) is 19.3. The van der Waals surface area contributed by atoms with E-state index in [1.165, 1.54) is 5.56 Å². The molecule has 5 heteroatoms. The molecule has 3 rings (SSSR count). The average molecular weight is 329 g/mol. The Morgan fingerprint density at radius 3 is 2.46 bits per heavy atom.